The van der Waals surface area contributed by atoms with Gasteiger partial charge in [-0.25, -0.2) is 15.0 Å². The lowest BCUT2D eigenvalue weighted by Gasteiger charge is -2.12. The molecule has 6 nitrogen and oxygen atoms in total. The second kappa shape index (κ2) is 12.3. The van der Waals surface area contributed by atoms with Crippen LogP contribution in [0.5, 0.6) is 0 Å². The van der Waals surface area contributed by atoms with E-state index in [-0.39, 0.29) is 58.1 Å². The van der Waals surface area contributed by atoms with Crippen LogP contribution in [0.1, 0.15) is 8.22 Å². The van der Waals surface area contributed by atoms with Crippen molar-refractivity contribution in [2.75, 3.05) is 0 Å². The molecule has 0 fully saturated rings. The third-order valence-corrected chi connectivity index (χ3v) is 10.6. The number of rotatable bonds is 5. The third kappa shape index (κ3) is 4.94. The molecule has 0 aliphatic heterocycles. The molecule has 0 amide bonds. The van der Waals surface area contributed by atoms with Crippen LogP contribution >= 0.6 is 0 Å². The van der Waals surface area contributed by atoms with E-state index in [1.54, 1.807) is 4.57 Å². The fourth-order valence-electron chi connectivity index (χ4n) is 8.04. The third-order valence-electron chi connectivity index (χ3n) is 10.6. The van der Waals surface area contributed by atoms with Crippen molar-refractivity contribution in [1.29, 1.82) is 0 Å². The number of para-hydroxylation sites is 3. The zero-order valence-corrected chi connectivity index (χ0v) is 30.0. The molecule has 0 radical (unpaired) electrons. The van der Waals surface area contributed by atoms with Crippen LogP contribution in [-0.2, 0) is 0 Å². The molecule has 0 N–H and O–H groups in total. The lowest BCUT2D eigenvalue weighted by atomic mass is 9.96. The van der Waals surface area contributed by atoms with E-state index >= 15 is 0 Å². The number of hydrogen-bond acceptors (Lipinski definition) is 5. The van der Waals surface area contributed by atoms with E-state index in [1.165, 1.54) is 12.1 Å². The summed E-state index contributed by atoms with van der Waals surface area (Å²) in [4.78, 5) is 14.8. The Morgan fingerprint density at radius 2 is 1.05 bits per heavy atom. The highest BCUT2D eigenvalue weighted by Crippen LogP contribution is 2.44. The first-order valence-electron chi connectivity index (χ1n) is 21.5. The molecule has 0 unspecified atom stereocenters. The Bertz CT molecular complexity index is 3750. The van der Waals surface area contributed by atoms with Gasteiger partial charge in [0.2, 0.25) is 0 Å². The summed E-state index contributed by atoms with van der Waals surface area (Å²) in [7, 11) is 0. The van der Waals surface area contributed by atoms with Gasteiger partial charge in [-0.05, 0) is 54.0 Å². The van der Waals surface area contributed by atoms with Gasteiger partial charge in [-0.1, -0.05) is 133 Å². The van der Waals surface area contributed by atoms with Crippen molar-refractivity contribution >= 4 is 65.7 Å². The smallest absolute Gasteiger partial charge is 0.164 e. The van der Waals surface area contributed by atoms with Crippen molar-refractivity contribution in [3.05, 3.63) is 182 Å². The van der Waals surface area contributed by atoms with E-state index in [9.17, 15) is 2.74 Å². The summed E-state index contributed by atoms with van der Waals surface area (Å²) in [6.45, 7) is 0. The number of furan rings is 2. The summed E-state index contributed by atoms with van der Waals surface area (Å²) in [5.41, 5.74) is 7.59. The van der Waals surface area contributed by atoms with E-state index in [1.807, 2.05) is 133 Å². The van der Waals surface area contributed by atoms with Crippen LogP contribution in [0.15, 0.2) is 191 Å². The highest BCUT2D eigenvalue weighted by atomic mass is 16.3. The zero-order chi connectivity index (χ0) is 42.7. The van der Waals surface area contributed by atoms with E-state index in [2.05, 4.69) is 0 Å². The molecular formula is C51H30N4O2. The Labute approximate surface area is 334 Å². The number of aromatic nitrogens is 4. The number of benzene rings is 8. The lowest BCUT2D eigenvalue weighted by Crippen LogP contribution is -2.00. The van der Waals surface area contributed by atoms with Gasteiger partial charge in [-0.15, -0.1) is 0 Å². The molecule has 0 saturated carbocycles. The fraction of sp³-hybridized carbons (Fsp3) is 0. The Morgan fingerprint density at radius 1 is 0.421 bits per heavy atom. The second-order valence-electron chi connectivity index (χ2n) is 13.9. The fourth-order valence-corrected chi connectivity index (χ4v) is 8.04. The Balaban J connectivity index is 1.17. The van der Waals surface area contributed by atoms with Gasteiger partial charge in [0, 0.05) is 60.3 Å². The summed E-state index contributed by atoms with van der Waals surface area (Å²) < 4.78 is 68.5. The van der Waals surface area contributed by atoms with E-state index < -0.39 is 0 Å². The molecule has 4 heterocycles. The number of fused-ring (bicyclic) bond motifs is 9. The van der Waals surface area contributed by atoms with E-state index in [4.69, 9.17) is 29.3 Å². The van der Waals surface area contributed by atoms with Gasteiger partial charge in [0.05, 0.1) is 19.3 Å². The normalized spacial score (nSPS) is 13.3. The molecule has 0 aliphatic rings. The van der Waals surface area contributed by atoms with Crippen LogP contribution in [0.2, 0.25) is 0 Å². The van der Waals surface area contributed by atoms with Crippen molar-refractivity contribution < 1.29 is 17.1 Å². The van der Waals surface area contributed by atoms with Crippen molar-refractivity contribution in [3.63, 3.8) is 0 Å². The average Bonchev–Trinajstić information content (AvgIpc) is 4.01. The van der Waals surface area contributed by atoms with Crippen LogP contribution in [0.4, 0.5) is 0 Å². The molecule has 4 aromatic heterocycles. The minimum absolute atomic E-state index is 0.0408. The van der Waals surface area contributed by atoms with Gasteiger partial charge in [0.1, 0.15) is 22.3 Å². The second-order valence-corrected chi connectivity index (χ2v) is 13.9. The maximum absolute atomic E-state index is 9.18. The van der Waals surface area contributed by atoms with E-state index in [0.717, 1.165) is 43.8 Å². The molecule has 0 saturated heterocycles. The summed E-state index contributed by atoms with van der Waals surface area (Å²) in [6.07, 6.45) is 0. The largest absolute Gasteiger partial charge is 0.456 e. The molecular weight excluding hydrogens is 701 g/mol. The predicted octanol–water partition coefficient (Wildman–Crippen LogP) is 13.4. The first-order chi connectivity index (χ1) is 30.7. The monoisotopic (exact) mass is 736 g/mol. The highest BCUT2D eigenvalue weighted by molar-refractivity contribution is 6.18. The van der Waals surface area contributed by atoms with E-state index in [0.29, 0.717) is 51.0 Å². The van der Waals surface area contributed by atoms with Gasteiger partial charge in [-0.2, -0.15) is 0 Å². The minimum Gasteiger partial charge on any atom is -0.456 e. The highest BCUT2D eigenvalue weighted by Gasteiger charge is 2.22. The predicted molar refractivity (Wildman–Crippen MR) is 230 cm³/mol. The van der Waals surface area contributed by atoms with Crippen molar-refractivity contribution in [2.24, 2.45) is 0 Å². The summed E-state index contributed by atoms with van der Waals surface area (Å²) >= 11 is 0. The lowest BCUT2D eigenvalue weighted by molar-refractivity contribution is 0.668. The number of nitrogens with zero attached hydrogens (tertiary/aromatic N) is 4. The van der Waals surface area contributed by atoms with Crippen LogP contribution in [0, 0.1) is 0 Å². The Morgan fingerprint density at radius 3 is 1.75 bits per heavy atom. The molecule has 12 rings (SSSR count). The number of hydrogen-bond donors (Lipinski definition) is 0. The molecule has 8 aromatic carbocycles. The Hall–Kier alpha value is -7.83. The van der Waals surface area contributed by atoms with Crippen molar-refractivity contribution in [2.45, 2.75) is 0 Å². The van der Waals surface area contributed by atoms with Crippen LogP contribution in [-0.4, -0.2) is 19.5 Å². The van der Waals surface area contributed by atoms with Crippen LogP contribution in [0.25, 0.3) is 117 Å². The summed E-state index contributed by atoms with van der Waals surface area (Å²) in [5, 5.41) is 3.68. The molecule has 6 heteroatoms. The van der Waals surface area contributed by atoms with Crippen LogP contribution < -0.4 is 0 Å². The maximum atomic E-state index is 9.18. The Kier molecular flexibility index (Phi) is 5.64. The first-order valence-corrected chi connectivity index (χ1v) is 18.5. The summed E-state index contributed by atoms with van der Waals surface area (Å²) in [5.74, 6) is 1.54. The molecule has 12 aromatic rings. The molecule has 0 atom stereocenters. The average molecular weight is 737 g/mol. The van der Waals surface area contributed by atoms with Gasteiger partial charge >= 0.3 is 0 Å². The topological polar surface area (TPSA) is 69.9 Å². The maximum Gasteiger partial charge on any atom is 0.164 e. The van der Waals surface area contributed by atoms with Gasteiger partial charge in [-0.3, -0.25) is 0 Å². The molecule has 57 heavy (non-hydrogen) atoms. The van der Waals surface area contributed by atoms with Gasteiger partial charge in [0.15, 0.2) is 17.5 Å². The van der Waals surface area contributed by atoms with Gasteiger partial charge < -0.3 is 13.4 Å². The standard InChI is InChI=1S/C51H30N4O2/c1-3-14-31(15-4-1)49-52-50(32-16-5-2-6-17-32)54-51(53-49)33-26-27-37-40-29-34(55-42-22-10-7-18-35(42)36-19-8-11-23-43(36)55)30-41(48(40)57-46(37)28-33)38-21-13-25-45-47(38)39-20-9-12-24-44(39)56-45/h1-30H/i7D,8D,18D,19D,22D,23D. The zero-order valence-electron chi connectivity index (χ0n) is 36.0. The first kappa shape index (κ1) is 26.1. The van der Waals surface area contributed by atoms with Crippen LogP contribution in [0.3, 0.4) is 0 Å². The molecule has 0 aliphatic carbocycles. The molecule has 266 valence electrons. The quantitative estimate of drug-likeness (QED) is 0.176. The van der Waals surface area contributed by atoms with Crippen molar-refractivity contribution in [1.82, 2.24) is 19.5 Å². The SMILES string of the molecule is [2H]c1cc([2H])c2c(c1[2H])c1c([2H])c([2H])cc([2H])c1n2-c1cc(-c2cccc3oc4ccccc4c23)c2oc3cc(-c4nc(-c5ccccc5)nc(-c5ccccc5)n4)ccc3c2c1. The minimum atomic E-state index is -0.177. The van der Waals surface area contributed by atoms with Crippen molar-refractivity contribution in [3.8, 4) is 51.0 Å². The molecule has 0 bridgehead atoms. The molecule has 0 spiro atoms. The summed E-state index contributed by atoms with van der Waals surface area (Å²) in [6, 6.07) is 44.9. The van der Waals surface area contributed by atoms with Gasteiger partial charge in [0.25, 0.3) is 0 Å².